The Bertz CT molecular complexity index is 795. The molecule has 2 heterocycles. The number of imidazole rings is 1. The van der Waals surface area contributed by atoms with Crippen LogP contribution in [0.15, 0.2) is 48.0 Å². The van der Waals surface area contributed by atoms with Crippen LogP contribution in [0.4, 0.5) is 0 Å². The molecule has 0 spiro atoms. The molecular weight excluding hydrogens is 288 g/mol. The molecular formula is C15H15ClN4O. The molecule has 0 amide bonds. The van der Waals surface area contributed by atoms with E-state index in [0.29, 0.717) is 22.5 Å². The molecule has 0 aliphatic heterocycles. The molecule has 1 aromatic carbocycles. The van der Waals surface area contributed by atoms with Gasteiger partial charge in [0.15, 0.2) is 0 Å². The van der Waals surface area contributed by atoms with Gasteiger partial charge in [-0.15, -0.1) is 0 Å². The van der Waals surface area contributed by atoms with Crippen molar-refractivity contribution in [3.05, 3.63) is 58.6 Å². The Hall–Kier alpha value is -2.14. The molecule has 2 aromatic heterocycles. The quantitative estimate of drug-likeness (QED) is 0.681. The average molecular weight is 303 g/mol. The molecule has 0 radical (unpaired) electrons. The van der Waals surface area contributed by atoms with Gasteiger partial charge in [0.1, 0.15) is 0 Å². The predicted octanol–water partition coefficient (Wildman–Crippen LogP) is 2.73. The van der Waals surface area contributed by atoms with Crippen LogP contribution in [0.2, 0.25) is 5.02 Å². The molecule has 0 unspecified atom stereocenters. The summed E-state index contributed by atoms with van der Waals surface area (Å²) in [4.78, 5) is 20.7. The minimum absolute atomic E-state index is 0.0369. The SMILES string of the molecule is O=c1c2cc(Cl)ccc2ncn1CCCCn1ccnc1. The topological polar surface area (TPSA) is 52.7 Å². The summed E-state index contributed by atoms with van der Waals surface area (Å²) in [7, 11) is 0. The van der Waals surface area contributed by atoms with E-state index in [-0.39, 0.29) is 5.56 Å². The van der Waals surface area contributed by atoms with Gasteiger partial charge in [0, 0.05) is 30.5 Å². The van der Waals surface area contributed by atoms with E-state index in [0.717, 1.165) is 19.4 Å². The number of unbranched alkanes of at least 4 members (excludes halogenated alkanes) is 1. The van der Waals surface area contributed by atoms with E-state index < -0.39 is 0 Å². The average Bonchev–Trinajstić information content (AvgIpc) is 2.99. The van der Waals surface area contributed by atoms with Gasteiger partial charge >= 0.3 is 0 Å². The number of nitrogens with zero attached hydrogens (tertiary/aromatic N) is 4. The molecule has 3 aromatic rings. The van der Waals surface area contributed by atoms with Crippen LogP contribution in [0.3, 0.4) is 0 Å². The fraction of sp³-hybridized carbons (Fsp3) is 0.267. The third kappa shape index (κ3) is 3.13. The molecule has 108 valence electrons. The van der Waals surface area contributed by atoms with Gasteiger partial charge in [-0.05, 0) is 31.0 Å². The fourth-order valence-electron chi connectivity index (χ4n) is 2.29. The Morgan fingerprint density at radius 3 is 2.81 bits per heavy atom. The van der Waals surface area contributed by atoms with Crippen LogP contribution >= 0.6 is 11.6 Å². The minimum atomic E-state index is -0.0369. The van der Waals surface area contributed by atoms with Crippen LogP contribution in [0.1, 0.15) is 12.8 Å². The normalized spacial score (nSPS) is 11.1. The lowest BCUT2D eigenvalue weighted by molar-refractivity contribution is 0.542. The summed E-state index contributed by atoms with van der Waals surface area (Å²) in [5.74, 6) is 0. The summed E-state index contributed by atoms with van der Waals surface area (Å²) in [6, 6.07) is 5.18. The molecule has 3 rings (SSSR count). The highest BCUT2D eigenvalue weighted by Crippen LogP contribution is 2.14. The van der Waals surface area contributed by atoms with Crippen molar-refractivity contribution in [2.75, 3.05) is 0 Å². The largest absolute Gasteiger partial charge is 0.337 e. The lowest BCUT2D eigenvalue weighted by atomic mass is 10.2. The second-order valence-electron chi connectivity index (χ2n) is 4.91. The number of hydrogen-bond acceptors (Lipinski definition) is 3. The van der Waals surface area contributed by atoms with Gasteiger partial charge in [-0.3, -0.25) is 9.36 Å². The molecule has 0 saturated heterocycles. The number of halogens is 1. The smallest absolute Gasteiger partial charge is 0.261 e. The molecule has 0 fully saturated rings. The highest BCUT2D eigenvalue weighted by Gasteiger charge is 2.04. The Morgan fingerprint density at radius 2 is 2.00 bits per heavy atom. The Balaban J connectivity index is 1.69. The summed E-state index contributed by atoms with van der Waals surface area (Å²) in [5, 5.41) is 1.12. The van der Waals surface area contributed by atoms with E-state index in [2.05, 4.69) is 9.97 Å². The number of aryl methyl sites for hydroxylation is 2. The molecule has 0 aliphatic carbocycles. The van der Waals surface area contributed by atoms with Crippen LogP contribution in [0, 0.1) is 0 Å². The fourth-order valence-corrected chi connectivity index (χ4v) is 2.46. The van der Waals surface area contributed by atoms with E-state index in [1.807, 2.05) is 10.8 Å². The van der Waals surface area contributed by atoms with E-state index in [9.17, 15) is 4.79 Å². The second kappa shape index (κ2) is 6.10. The highest BCUT2D eigenvalue weighted by molar-refractivity contribution is 6.31. The van der Waals surface area contributed by atoms with Crippen LogP contribution < -0.4 is 5.56 Å². The molecule has 0 atom stereocenters. The van der Waals surface area contributed by atoms with Crippen molar-refractivity contribution in [3.8, 4) is 0 Å². The summed E-state index contributed by atoms with van der Waals surface area (Å²) < 4.78 is 3.67. The zero-order valence-electron chi connectivity index (χ0n) is 11.4. The predicted molar refractivity (Wildman–Crippen MR) is 82.5 cm³/mol. The lowest BCUT2D eigenvalue weighted by Crippen LogP contribution is -2.20. The van der Waals surface area contributed by atoms with Crippen molar-refractivity contribution >= 4 is 22.5 Å². The lowest BCUT2D eigenvalue weighted by Gasteiger charge is -2.07. The van der Waals surface area contributed by atoms with Gasteiger partial charge in [0.25, 0.3) is 5.56 Å². The molecule has 6 heteroatoms. The molecule has 0 aliphatic rings. The standard InChI is InChI=1S/C15H15ClN4O/c16-12-3-4-14-13(9-12)15(21)20(11-18-14)7-2-1-6-19-8-5-17-10-19/h3-5,8-11H,1-2,6-7H2. The van der Waals surface area contributed by atoms with Crippen LogP contribution in [-0.2, 0) is 13.1 Å². The van der Waals surface area contributed by atoms with Gasteiger partial charge in [-0.2, -0.15) is 0 Å². The molecule has 21 heavy (non-hydrogen) atoms. The Labute approximate surface area is 126 Å². The number of fused-ring (bicyclic) bond motifs is 1. The summed E-state index contributed by atoms with van der Waals surface area (Å²) >= 11 is 5.94. The Kier molecular flexibility index (Phi) is 4.01. The van der Waals surface area contributed by atoms with E-state index >= 15 is 0 Å². The monoisotopic (exact) mass is 302 g/mol. The Morgan fingerprint density at radius 1 is 1.14 bits per heavy atom. The van der Waals surface area contributed by atoms with E-state index in [1.54, 1.807) is 41.6 Å². The van der Waals surface area contributed by atoms with Crippen LogP contribution in [-0.4, -0.2) is 19.1 Å². The summed E-state index contributed by atoms with van der Waals surface area (Å²) in [6.45, 7) is 1.56. The van der Waals surface area contributed by atoms with Gasteiger partial charge in [-0.25, -0.2) is 9.97 Å². The van der Waals surface area contributed by atoms with E-state index in [4.69, 9.17) is 11.6 Å². The zero-order chi connectivity index (χ0) is 14.7. The summed E-state index contributed by atoms with van der Waals surface area (Å²) in [6.07, 6.45) is 9.00. The maximum atomic E-state index is 12.4. The van der Waals surface area contributed by atoms with Gasteiger partial charge in [0.2, 0.25) is 0 Å². The van der Waals surface area contributed by atoms with Gasteiger partial charge in [0.05, 0.1) is 23.6 Å². The third-order valence-electron chi connectivity index (χ3n) is 3.41. The molecule has 0 saturated carbocycles. The molecule has 5 nitrogen and oxygen atoms in total. The first kappa shape index (κ1) is 13.8. The van der Waals surface area contributed by atoms with Crippen molar-refractivity contribution < 1.29 is 0 Å². The first-order chi connectivity index (χ1) is 10.2. The maximum absolute atomic E-state index is 12.4. The number of hydrogen-bond donors (Lipinski definition) is 0. The number of aromatic nitrogens is 4. The van der Waals surface area contributed by atoms with Gasteiger partial charge < -0.3 is 4.57 Å². The maximum Gasteiger partial charge on any atom is 0.261 e. The van der Waals surface area contributed by atoms with Crippen molar-refractivity contribution in [1.82, 2.24) is 19.1 Å². The molecule has 0 bridgehead atoms. The first-order valence-corrected chi connectivity index (χ1v) is 7.22. The van der Waals surface area contributed by atoms with Crippen molar-refractivity contribution in [1.29, 1.82) is 0 Å². The highest BCUT2D eigenvalue weighted by atomic mass is 35.5. The van der Waals surface area contributed by atoms with Gasteiger partial charge in [-0.1, -0.05) is 11.6 Å². The van der Waals surface area contributed by atoms with Crippen molar-refractivity contribution in [2.45, 2.75) is 25.9 Å². The number of benzene rings is 1. The zero-order valence-corrected chi connectivity index (χ0v) is 12.2. The summed E-state index contributed by atoms with van der Waals surface area (Å²) in [5.41, 5.74) is 0.643. The minimum Gasteiger partial charge on any atom is -0.337 e. The number of rotatable bonds is 5. The first-order valence-electron chi connectivity index (χ1n) is 6.84. The third-order valence-corrected chi connectivity index (χ3v) is 3.65. The van der Waals surface area contributed by atoms with E-state index in [1.165, 1.54) is 0 Å². The van der Waals surface area contributed by atoms with Crippen LogP contribution in [0.25, 0.3) is 10.9 Å². The molecule has 0 N–H and O–H groups in total. The van der Waals surface area contributed by atoms with Crippen LogP contribution in [0.5, 0.6) is 0 Å². The van der Waals surface area contributed by atoms with Crippen molar-refractivity contribution in [3.63, 3.8) is 0 Å². The second-order valence-corrected chi connectivity index (χ2v) is 5.35. The van der Waals surface area contributed by atoms with Crippen molar-refractivity contribution in [2.24, 2.45) is 0 Å².